The van der Waals surface area contributed by atoms with Crippen LogP contribution in [0.15, 0.2) is 72.8 Å². The van der Waals surface area contributed by atoms with E-state index in [1.54, 1.807) is 36.1 Å². The van der Waals surface area contributed by atoms with Crippen molar-refractivity contribution in [1.29, 1.82) is 0 Å². The number of nitrogens with one attached hydrogen (secondary N) is 1. The minimum atomic E-state index is -3.65. The third-order valence-electron chi connectivity index (χ3n) is 6.66. The first-order valence-electron chi connectivity index (χ1n) is 13.5. The molecule has 41 heavy (non-hydrogen) atoms. The van der Waals surface area contributed by atoms with Crippen molar-refractivity contribution >= 4 is 50.7 Å². The maximum atomic E-state index is 13.9. The summed E-state index contributed by atoms with van der Waals surface area (Å²) in [7, 11) is -3.65. The Labute approximate surface area is 253 Å². The third-order valence-corrected chi connectivity index (χ3v) is 8.62. The van der Waals surface area contributed by atoms with E-state index >= 15 is 0 Å². The molecule has 10 heteroatoms. The summed E-state index contributed by atoms with van der Waals surface area (Å²) in [5, 5.41) is 3.91. The molecule has 7 nitrogen and oxygen atoms in total. The quantitative estimate of drug-likeness (QED) is 0.254. The van der Waals surface area contributed by atoms with Crippen molar-refractivity contribution in [2.75, 3.05) is 17.1 Å². The lowest BCUT2D eigenvalue weighted by Gasteiger charge is -2.32. The van der Waals surface area contributed by atoms with Gasteiger partial charge in [0.25, 0.3) is 0 Å². The normalized spacial score (nSPS) is 12.2. The molecule has 0 spiro atoms. The fraction of sp³-hybridized carbons (Fsp3) is 0.355. The summed E-state index contributed by atoms with van der Waals surface area (Å²) in [5.74, 6) is -0.544. The predicted molar refractivity (Wildman–Crippen MR) is 167 cm³/mol. The molecular weight excluding hydrogens is 581 g/mol. The number of carbonyl (C=O) groups excluding carboxylic acids is 2. The highest BCUT2D eigenvalue weighted by Gasteiger charge is 2.31. The Morgan fingerprint density at radius 3 is 2.17 bits per heavy atom. The summed E-state index contributed by atoms with van der Waals surface area (Å²) in [4.78, 5) is 28.9. The van der Waals surface area contributed by atoms with Crippen LogP contribution in [0.4, 0.5) is 5.69 Å². The van der Waals surface area contributed by atoms with Crippen LogP contribution >= 0.6 is 23.2 Å². The Bertz CT molecular complexity index is 1450. The highest BCUT2D eigenvalue weighted by molar-refractivity contribution is 7.92. The van der Waals surface area contributed by atoms with Gasteiger partial charge in [0, 0.05) is 42.0 Å². The standard InChI is InChI=1S/C31H37Cl2N3O4S/c1-22(2)34-31(38)29(20-24-12-6-5-7-13-24)35(21-25-14-8-9-15-27(25)33)30(37)18-11-19-36(41(4,39)40)28-17-10-16-26(32)23(28)3/h5-10,12-17,22,29H,11,18-21H2,1-4H3,(H,34,38). The van der Waals surface area contributed by atoms with Crippen LogP contribution in [0.1, 0.15) is 43.4 Å². The van der Waals surface area contributed by atoms with E-state index < -0.39 is 16.1 Å². The molecule has 0 saturated heterocycles. The lowest BCUT2D eigenvalue weighted by molar-refractivity contribution is -0.141. The summed E-state index contributed by atoms with van der Waals surface area (Å²) < 4.78 is 26.7. The topological polar surface area (TPSA) is 86.8 Å². The highest BCUT2D eigenvalue weighted by atomic mass is 35.5. The van der Waals surface area contributed by atoms with E-state index in [4.69, 9.17) is 23.2 Å². The molecule has 3 aromatic rings. The van der Waals surface area contributed by atoms with Crippen LogP contribution in [-0.4, -0.2) is 50.0 Å². The van der Waals surface area contributed by atoms with Gasteiger partial charge in [0.2, 0.25) is 21.8 Å². The maximum Gasteiger partial charge on any atom is 0.243 e. The average molecular weight is 619 g/mol. The molecule has 0 radical (unpaired) electrons. The molecule has 0 aliphatic rings. The van der Waals surface area contributed by atoms with Gasteiger partial charge in [-0.2, -0.15) is 0 Å². The molecule has 0 aromatic heterocycles. The van der Waals surface area contributed by atoms with Crippen LogP contribution in [0.3, 0.4) is 0 Å². The van der Waals surface area contributed by atoms with Gasteiger partial charge < -0.3 is 10.2 Å². The second kappa shape index (κ2) is 14.7. The Morgan fingerprint density at radius 1 is 0.902 bits per heavy atom. The number of rotatable bonds is 13. The van der Waals surface area contributed by atoms with Crippen molar-refractivity contribution in [1.82, 2.24) is 10.2 Å². The SMILES string of the molecule is Cc1c(Cl)cccc1N(CCCC(=O)N(Cc1ccccc1Cl)C(Cc1ccccc1)C(=O)NC(C)C)S(C)(=O)=O. The van der Waals surface area contributed by atoms with E-state index in [1.165, 1.54) is 4.31 Å². The number of amides is 2. The fourth-order valence-corrected chi connectivity index (χ4v) is 5.97. The maximum absolute atomic E-state index is 13.9. The van der Waals surface area contributed by atoms with Crippen LogP contribution in [-0.2, 0) is 32.6 Å². The number of nitrogens with zero attached hydrogens (tertiary/aromatic N) is 2. The van der Waals surface area contributed by atoms with E-state index in [1.807, 2.05) is 62.4 Å². The lowest BCUT2D eigenvalue weighted by Crippen LogP contribution is -2.51. The number of hydrogen-bond acceptors (Lipinski definition) is 4. The zero-order valence-corrected chi connectivity index (χ0v) is 26.1. The first-order chi connectivity index (χ1) is 19.4. The zero-order chi connectivity index (χ0) is 30.2. The summed E-state index contributed by atoms with van der Waals surface area (Å²) in [6.07, 6.45) is 1.70. The molecule has 2 amide bonds. The molecule has 1 atom stereocenters. The molecule has 3 aromatic carbocycles. The van der Waals surface area contributed by atoms with Crippen molar-refractivity contribution in [3.8, 4) is 0 Å². The fourth-order valence-electron chi connectivity index (χ4n) is 4.59. The smallest absolute Gasteiger partial charge is 0.243 e. The lowest BCUT2D eigenvalue weighted by atomic mass is 10.0. The molecule has 0 saturated carbocycles. The third kappa shape index (κ3) is 9.21. The van der Waals surface area contributed by atoms with Crippen molar-refractivity contribution in [2.45, 2.75) is 58.7 Å². The van der Waals surface area contributed by atoms with E-state index in [-0.39, 0.29) is 43.8 Å². The molecule has 220 valence electrons. The Hall–Kier alpha value is -3.07. The van der Waals surface area contributed by atoms with Gasteiger partial charge in [-0.25, -0.2) is 8.42 Å². The summed E-state index contributed by atoms with van der Waals surface area (Å²) in [5.41, 5.74) is 2.73. The molecular formula is C31H37Cl2N3O4S. The number of hydrogen-bond donors (Lipinski definition) is 1. The van der Waals surface area contributed by atoms with Crippen molar-refractivity contribution in [3.63, 3.8) is 0 Å². The van der Waals surface area contributed by atoms with Crippen LogP contribution < -0.4 is 9.62 Å². The summed E-state index contributed by atoms with van der Waals surface area (Å²) >= 11 is 12.7. The average Bonchev–Trinajstić information content (AvgIpc) is 2.91. The Balaban J connectivity index is 1.91. The number of benzene rings is 3. The minimum absolute atomic E-state index is 0.0241. The van der Waals surface area contributed by atoms with E-state index in [0.717, 1.165) is 11.8 Å². The summed E-state index contributed by atoms with van der Waals surface area (Å²) in [6.45, 7) is 5.70. The van der Waals surface area contributed by atoms with Crippen LogP contribution in [0.25, 0.3) is 0 Å². The van der Waals surface area contributed by atoms with Gasteiger partial charge in [0.1, 0.15) is 6.04 Å². The molecule has 1 unspecified atom stereocenters. The Morgan fingerprint density at radius 2 is 1.54 bits per heavy atom. The minimum Gasteiger partial charge on any atom is -0.352 e. The number of anilines is 1. The van der Waals surface area contributed by atoms with Gasteiger partial charge >= 0.3 is 0 Å². The second-order valence-corrected chi connectivity index (χ2v) is 13.0. The van der Waals surface area contributed by atoms with E-state index in [9.17, 15) is 18.0 Å². The van der Waals surface area contributed by atoms with Crippen LogP contribution in [0, 0.1) is 6.92 Å². The van der Waals surface area contributed by atoms with Gasteiger partial charge in [0.15, 0.2) is 0 Å². The molecule has 3 rings (SSSR count). The molecule has 1 N–H and O–H groups in total. The number of sulfonamides is 1. The van der Waals surface area contributed by atoms with E-state index in [0.29, 0.717) is 33.3 Å². The molecule has 0 fully saturated rings. The van der Waals surface area contributed by atoms with Gasteiger partial charge in [-0.3, -0.25) is 13.9 Å². The van der Waals surface area contributed by atoms with Crippen molar-refractivity contribution in [2.24, 2.45) is 0 Å². The first kappa shape index (κ1) is 32.4. The van der Waals surface area contributed by atoms with Gasteiger partial charge in [0.05, 0.1) is 11.9 Å². The molecule has 0 aliphatic carbocycles. The van der Waals surface area contributed by atoms with Crippen molar-refractivity contribution in [3.05, 3.63) is 99.5 Å². The molecule has 0 aliphatic heterocycles. The predicted octanol–water partition coefficient (Wildman–Crippen LogP) is 6.01. The number of carbonyl (C=O) groups is 2. The largest absolute Gasteiger partial charge is 0.352 e. The van der Waals surface area contributed by atoms with Gasteiger partial charge in [-0.1, -0.05) is 77.8 Å². The summed E-state index contributed by atoms with van der Waals surface area (Å²) in [6, 6.07) is 20.9. The van der Waals surface area contributed by atoms with Crippen molar-refractivity contribution < 1.29 is 18.0 Å². The second-order valence-electron chi connectivity index (χ2n) is 10.3. The molecule has 0 heterocycles. The Kier molecular flexibility index (Phi) is 11.6. The number of halogens is 2. The van der Waals surface area contributed by atoms with Gasteiger partial charge in [-0.05, 0) is 62.1 Å². The highest BCUT2D eigenvalue weighted by Crippen LogP contribution is 2.29. The van der Waals surface area contributed by atoms with Crippen LogP contribution in [0.2, 0.25) is 10.0 Å². The molecule has 0 bridgehead atoms. The zero-order valence-electron chi connectivity index (χ0n) is 23.8. The first-order valence-corrected chi connectivity index (χ1v) is 16.1. The van der Waals surface area contributed by atoms with E-state index in [2.05, 4.69) is 5.32 Å². The van der Waals surface area contributed by atoms with Crippen LogP contribution in [0.5, 0.6) is 0 Å². The van der Waals surface area contributed by atoms with Gasteiger partial charge in [-0.15, -0.1) is 0 Å². The monoisotopic (exact) mass is 617 g/mol.